The van der Waals surface area contributed by atoms with Crippen molar-refractivity contribution in [1.29, 1.82) is 0 Å². The van der Waals surface area contributed by atoms with E-state index in [1.807, 2.05) is 39.8 Å². The van der Waals surface area contributed by atoms with Gasteiger partial charge in [0.15, 0.2) is 0 Å². The van der Waals surface area contributed by atoms with Crippen LogP contribution in [0.5, 0.6) is 0 Å². The van der Waals surface area contributed by atoms with Crippen LogP contribution in [0.2, 0.25) is 5.02 Å². The third-order valence-corrected chi connectivity index (χ3v) is 4.15. The maximum atomic E-state index is 12.3. The van der Waals surface area contributed by atoms with Crippen molar-refractivity contribution in [3.63, 3.8) is 0 Å². The lowest BCUT2D eigenvalue weighted by atomic mass is 10.1. The number of halogens is 1. The van der Waals surface area contributed by atoms with Crippen molar-refractivity contribution >= 4 is 29.1 Å². The van der Waals surface area contributed by atoms with Crippen LogP contribution in [-0.4, -0.2) is 28.8 Å². The van der Waals surface area contributed by atoms with Gasteiger partial charge < -0.3 is 10.2 Å². The summed E-state index contributed by atoms with van der Waals surface area (Å²) in [5.74, 6) is -0.406. The Bertz CT molecular complexity index is 578. The lowest BCUT2D eigenvalue weighted by Gasteiger charge is -2.31. The first-order valence-corrected chi connectivity index (χ1v) is 7.44. The highest BCUT2D eigenvalue weighted by Gasteiger charge is 2.39. The molecule has 1 aliphatic heterocycles. The van der Waals surface area contributed by atoms with E-state index in [1.54, 1.807) is 11.0 Å². The topological polar surface area (TPSA) is 49.4 Å². The second-order valence-electron chi connectivity index (χ2n) is 6.53. The van der Waals surface area contributed by atoms with Gasteiger partial charge in [0.05, 0.1) is 5.92 Å². The molecule has 1 aliphatic rings. The fourth-order valence-electron chi connectivity index (χ4n) is 2.45. The molecule has 0 aliphatic carbocycles. The molecule has 114 valence electrons. The molecule has 0 radical (unpaired) electrons. The standard InChI is InChI=1S/C16H21ClN2O2/c1-10-5-6-12(8-13(10)17)18-15(21)11-7-14(20)19(9-11)16(2,3)4/h5-6,8,11H,7,9H2,1-4H3,(H,18,21)/t11-/m0/s1. The molecule has 0 saturated carbocycles. The molecule has 4 nitrogen and oxygen atoms in total. The number of hydrogen-bond acceptors (Lipinski definition) is 2. The molecule has 21 heavy (non-hydrogen) atoms. The van der Waals surface area contributed by atoms with Crippen LogP contribution in [0, 0.1) is 12.8 Å². The third-order valence-electron chi connectivity index (χ3n) is 3.74. The highest BCUT2D eigenvalue weighted by molar-refractivity contribution is 6.31. The smallest absolute Gasteiger partial charge is 0.229 e. The van der Waals surface area contributed by atoms with E-state index in [0.29, 0.717) is 17.3 Å². The number of aryl methyl sites for hydroxylation is 1. The van der Waals surface area contributed by atoms with E-state index in [4.69, 9.17) is 11.6 Å². The van der Waals surface area contributed by atoms with Gasteiger partial charge in [-0.3, -0.25) is 9.59 Å². The highest BCUT2D eigenvalue weighted by Crippen LogP contribution is 2.27. The predicted octanol–water partition coefficient (Wildman–Crippen LogP) is 3.23. The van der Waals surface area contributed by atoms with E-state index in [0.717, 1.165) is 5.56 Å². The van der Waals surface area contributed by atoms with E-state index in [2.05, 4.69) is 5.32 Å². The number of nitrogens with zero attached hydrogens (tertiary/aromatic N) is 1. The number of likely N-dealkylation sites (tertiary alicyclic amines) is 1. The van der Waals surface area contributed by atoms with E-state index in [-0.39, 0.29) is 29.7 Å². The Labute approximate surface area is 130 Å². The average molecular weight is 309 g/mol. The molecule has 1 saturated heterocycles. The van der Waals surface area contributed by atoms with Gasteiger partial charge in [-0.25, -0.2) is 0 Å². The van der Waals surface area contributed by atoms with Crippen LogP contribution >= 0.6 is 11.6 Å². The van der Waals surface area contributed by atoms with E-state index in [1.165, 1.54) is 0 Å². The van der Waals surface area contributed by atoms with E-state index >= 15 is 0 Å². The molecule has 1 aromatic carbocycles. The van der Waals surface area contributed by atoms with Gasteiger partial charge in [0.25, 0.3) is 0 Å². The van der Waals surface area contributed by atoms with Crippen molar-refractivity contribution in [3.05, 3.63) is 28.8 Å². The summed E-state index contributed by atoms with van der Waals surface area (Å²) in [7, 11) is 0. The summed E-state index contributed by atoms with van der Waals surface area (Å²) in [5.41, 5.74) is 1.38. The van der Waals surface area contributed by atoms with Gasteiger partial charge >= 0.3 is 0 Å². The first kappa shape index (κ1) is 15.8. The third kappa shape index (κ3) is 3.56. The molecule has 1 atom stereocenters. The fraction of sp³-hybridized carbons (Fsp3) is 0.500. The van der Waals surface area contributed by atoms with Crippen molar-refractivity contribution in [2.75, 3.05) is 11.9 Å². The lowest BCUT2D eigenvalue weighted by Crippen LogP contribution is -2.42. The summed E-state index contributed by atoms with van der Waals surface area (Å²) < 4.78 is 0. The number of rotatable bonds is 2. The Kier molecular flexibility index (Phi) is 4.28. The van der Waals surface area contributed by atoms with Crippen molar-refractivity contribution in [2.45, 2.75) is 39.7 Å². The van der Waals surface area contributed by atoms with Crippen LogP contribution in [0.4, 0.5) is 5.69 Å². The van der Waals surface area contributed by atoms with Crippen LogP contribution in [-0.2, 0) is 9.59 Å². The number of hydrogen-bond donors (Lipinski definition) is 1. The zero-order chi connectivity index (χ0) is 15.8. The van der Waals surface area contributed by atoms with Crippen molar-refractivity contribution < 1.29 is 9.59 Å². The monoisotopic (exact) mass is 308 g/mol. The lowest BCUT2D eigenvalue weighted by molar-refractivity contribution is -0.131. The Balaban J connectivity index is 2.05. The molecule has 0 unspecified atom stereocenters. The zero-order valence-electron chi connectivity index (χ0n) is 12.9. The Hall–Kier alpha value is -1.55. The van der Waals surface area contributed by atoms with Crippen LogP contribution in [0.15, 0.2) is 18.2 Å². The number of anilines is 1. The second kappa shape index (κ2) is 5.68. The molecular weight excluding hydrogens is 288 g/mol. The van der Waals surface area contributed by atoms with Gasteiger partial charge in [-0.05, 0) is 45.4 Å². The Morgan fingerprint density at radius 1 is 1.38 bits per heavy atom. The molecule has 1 fully saturated rings. The zero-order valence-corrected chi connectivity index (χ0v) is 13.6. The minimum absolute atomic E-state index is 0.0320. The molecule has 1 heterocycles. The highest BCUT2D eigenvalue weighted by atomic mass is 35.5. The van der Waals surface area contributed by atoms with Gasteiger partial charge in [-0.1, -0.05) is 17.7 Å². The van der Waals surface area contributed by atoms with Gasteiger partial charge in [0, 0.05) is 29.2 Å². The summed E-state index contributed by atoms with van der Waals surface area (Å²) in [6, 6.07) is 5.41. The maximum absolute atomic E-state index is 12.3. The van der Waals surface area contributed by atoms with E-state index in [9.17, 15) is 9.59 Å². The van der Waals surface area contributed by atoms with Crippen LogP contribution < -0.4 is 5.32 Å². The fourth-order valence-corrected chi connectivity index (χ4v) is 2.63. The Morgan fingerprint density at radius 3 is 2.57 bits per heavy atom. The molecule has 2 amide bonds. The number of amides is 2. The van der Waals surface area contributed by atoms with Crippen LogP contribution in [0.25, 0.3) is 0 Å². The molecule has 2 rings (SSSR count). The van der Waals surface area contributed by atoms with Crippen molar-refractivity contribution in [2.24, 2.45) is 5.92 Å². The van der Waals surface area contributed by atoms with Crippen molar-refractivity contribution in [1.82, 2.24) is 4.90 Å². The summed E-state index contributed by atoms with van der Waals surface area (Å²) in [4.78, 5) is 26.1. The minimum Gasteiger partial charge on any atom is -0.337 e. The largest absolute Gasteiger partial charge is 0.337 e. The Morgan fingerprint density at radius 2 is 2.05 bits per heavy atom. The number of carbonyl (C=O) groups excluding carboxylic acids is 2. The summed E-state index contributed by atoms with van der Waals surface area (Å²) in [5, 5.41) is 3.46. The first-order chi connectivity index (χ1) is 9.68. The molecule has 0 bridgehead atoms. The molecule has 5 heteroatoms. The molecular formula is C16H21ClN2O2. The minimum atomic E-state index is -0.309. The predicted molar refractivity (Wildman–Crippen MR) is 84.4 cm³/mol. The molecule has 1 aromatic rings. The van der Waals surface area contributed by atoms with Crippen molar-refractivity contribution in [3.8, 4) is 0 Å². The number of carbonyl (C=O) groups is 2. The van der Waals surface area contributed by atoms with Gasteiger partial charge in [0.1, 0.15) is 0 Å². The summed E-state index contributed by atoms with van der Waals surface area (Å²) >= 11 is 6.05. The summed E-state index contributed by atoms with van der Waals surface area (Å²) in [6.45, 7) is 8.30. The normalized spacial score (nSPS) is 19.0. The maximum Gasteiger partial charge on any atom is 0.229 e. The second-order valence-corrected chi connectivity index (χ2v) is 6.94. The first-order valence-electron chi connectivity index (χ1n) is 7.06. The van der Waals surface area contributed by atoms with Gasteiger partial charge in [-0.2, -0.15) is 0 Å². The molecule has 1 N–H and O–H groups in total. The number of nitrogens with one attached hydrogen (secondary N) is 1. The average Bonchev–Trinajstić information content (AvgIpc) is 2.76. The van der Waals surface area contributed by atoms with Gasteiger partial charge in [-0.15, -0.1) is 0 Å². The SMILES string of the molecule is Cc1ccc(NC(=O)[C@H]2CC(=O)N(C(C)(C)C)C2)cc1Cl. The summed E-state index contributed by atoms with van der Waals surface area (Å²) in [6.07, 6.45) is 0.267. The quantitative estimate of drug-likeness (QED) is 0.912. The van der Waals surface area contributed by atoms with Crippen LogP contribution in [0.1, 0.15) is 32.8 Å². The number of benzene rings is 1. The van der Waals surface area contributed by atoms with Crippen LogP contribution in [0.3, 0.4) is 0 Å². The van der Waals surface area contributed by atoms with E-state index < -0.39 is 0 Å². The molecule has 0 aromatic heterocycles. The molecule has 0 spiro atoms. The van der Waals surface area contributed by atoms with Gasteiger partial charge in [0.2, 0.25) is 11.8 Å².